The Morgan fingerprint density at radius 3 is 2.44 bits per heavy atom. The Labute approximate surface area is 104 Å². The van der Waals surface area contributed by atoms with Crippen LogP contribution in [0.3, 0.4) is 0 Å². The zero-order chi connectivity index (χ0) is 12.5. The maximum absolute atomic E-state index is 12.0. The maximum atomic E-state index is 12.0. The smallest absolute Gasteiger partial charge is 0.326 e. The molecule has 90 valence electrons. The Morgan fingerprint density at radius 1 is 1.00 bits per heavy atom. The molecule has 0 aromatic heterocycles. The van der Waals surface area contributed by atoms with E-state index in [1.54, 1.807) is 24.3 Å². The summed E-state index contributed by atoms with van der Waals surface area (Å²) in [6.45, 7) is 0.513. The number of nitrogens with zero attached hydrogens (tertiary/aromatic N) is 1. The number of amides is 2. The number of carbonyl (C=O) groups excluding carboxylic acids is 1. The number of hydrogen-bond donors (Lipinski definition) is 2. The lowest BCUT2D eigenvalue weighted by atomic mass is 10.1. The summed E-state index contributed by atoms with van der Waals surface area (Å²) >= 11 is 0. The van der Waals surface area contributed by atoms with Gasteiger partial charge in [-0.05, 0) is 23.8 Å². The molecule has 2 aromatic carbocycles. The maximum Gasteiger partial charge on any atom is 0.326 e. The predicted molar refractivity (Wildman–Crippen MR) is 68.9 cm³/mol. The number of aromatic hydroxyl groups is 1. The molecule has 0 spiro atoms. The van der Waals surface area contributed by atoms with Crippen molar-refractivity contribution in [2.45, 2.75) is 6.54 Å². The Hall–Kier alpha value is -2.49. The van der Waals surface area contributed by atoms with Crippen LogP contribution in [0.2, 0.25) is 0 Å². The highest BCUT2D eigenvalue weighted by molar-refractivity contribution is 6.02. The van der Waals surface area contributed by atoms with Gasteiger partial charge in [0, 0.05) is 6.54 Å². The van der Waals surface area contributed by atoms with Gasteiger partial charge in [0.1, 0.15) is 5.75 Å². The molecular formula is C14H12N2O2. The standard InChI is InChI=1S/C14H12N2O2/c17-13-8-4-3-7-12(13)16-11-6-2-1-5-10(11)9-15-14(16)18/h1-8,17H,9H2,(H,15,18). The van der Waals surface area contributed by atoms with E-state index in [2.05, 4.69) is 5.32 Å². The van der Waals surface area contributed by atoms with Gasteiger partial charge in [-0.3, -0.25) is 4.90 Å². The summed E-state index contributed by atoms with van der Waals surface area (Å²) in [7, 11) is 0. The van der Waals surface area contributed by atoms with E-state index in [4.69, 9.17) is 0 Å². The number of hydrogen-bond acceptors (Lipinski definition) is 2. The van der Waals surface area contributed by atoms with Gasteiger partial charge >= 0.3 is 6.03 Å². The minimum absolute atomic E-state index is 0.0874. The zero-order valence-corrected chi connectivity index (χ0v) is 9.63. The number of benzene rings is 2. The lowest BCUT2D eigenvalue weighted by Crippen LogP contribution is -2.41. The highest BCUT2D eigenvalue weighted by atomic mass is 16.3. The molecule has 0 atom stereocenters. The molecule has 0 saturated carbocycles. The molecule has 1 aliphatic heterocycles. The minimum atomic E-state index is -0.227. The first-order valence-corrected chi connectivity index (χ1v) is 5.71. The van der Waals surface area contributed by atoms with Gasteiger partial charge in [-0.25, -0.2) is 4.79 Å². The number of nitrogens with one attached hydrogen (secondary N) is 1. The van der Waals surface area contributed by atoms with Crippen LogP contribution < -0.4 is 10.2 Å². The molecule has 2 amide bonds. The average Bonchev–Trinajstić information content (AvgIpc) is 2.40. The molecule has 2 N–H and O–H groups in total. The van der Waals surface area contributed by atoms with Crippen molar-refractivity contribution in [2.24, 2.45) is 0 Å². The molecule has 0 radical (unpaired) electrons. The summed E-state index contributed by atoms with van der Waals surface area (Å²) in [5.41, 5.74) is 2.32. The first-order valence-electron chi connectivity index (χ1n) is 5.71. The van der Waals surface area contributed by atoms with Crippen LogP contribution in [0.1, 0.15) is 5.56 Å². The molecule has 4 heteroatoms. The van der Waals surface area contributed by atoms with E-state index < -0.39 is 0 Å². The van der Waals surface area contributed by atoms with Crippen LogP contribution in [-0.4, -0.2) is 11.1 Å². The van der Waals surface area contributed by atoms with Crippen molar-refractivity contribution in [2.75, 3.05) is 4.90 Å². The highest BCUT2D eigenvalue weighted by Crippen LogP contribution is 2.36. The van der Waals surface area contributed by atoms with Gasteiger partial charge in [0.15, 0.2) is 0 Å². The Kier molecular flexibility index (Phi) is 2.41. The molecule has 4 nitrogen and oxygen atoms in total. The molecule has 0 aliphatic carbocycles. The lowest BCUT2D eigenvalue weighted by Gasteiger charge is -2.30. The largest absolute Gasteiger partial charge is 0.506 e. The van der Waals surface area contributed by atoms with Crippen molar-refractivity contribution in [3.63, 3.8) is 0 Å². The van der Waals surface area contributed by atoms with Crippen LogP contribution in [0.25, 0.3) is 0 Å². The fourth-order valence-corrected chi connectivity index (χ4v) is 2.13. The summed E-state index contributed by atoms with van der Waals surface area (Å²) in [5.74, 6) is 0.0874. The van der Waals surface area contributed by atoms with Gasteiger partial charge in [0.05, 0.1) is 11.4 Å². The zero-order valence-electron chi connectivity index (χ0n) is 9.63. The molecule has 0 saturated heterocycles. The molecule has 0 bridgehead atoms. The predicted octanol–water partition coefficient (Wildman–Crippen LogP) is 2.75. The first kappa shape index (κ1) is 10.7. The normalized spacial score (nSPS) is 14.0. The summed E-state index contributed by atoms with van der Waals surface area (Å²) in [6.07, 6.45) is 0. The second kappa shape index (κ2) is 4.07. The van der Waals surface area contributed by atoms with E-state index >= 15 is 0 Å². The van der Waals surface area contributed by atoms with Crippen LogP contribution >= 0.6 is 0 Å². The van der Waals surface area contributed by atoms with E-state index in [1.165, 1.54) is 4.90 Å². The molecular weight excluding hydrogens is 228 g/mol. The molecule has 0 fully saturated rings. The summed E-state index contributed by atoms with van der Waals surface area (Å²) in [4.78, 5) is 13.5. The average molecular weight is 240 g/mol. The van der Waals surface area contributed by atoms with Gasteiger partial charge in [0.2, 0.25) is 0 Å². The van der Waals surface area contributed by atoms with Crippen molar-refractivity contribution in [3.8, 4) is 5.75 Å². The van der Waals surface area contributed by atoms with Gasteiger partial charge in [0.25, 0.3) is 0 Å². The van der Waals surface area contributed by atoms with E-state index in [9.17, 15) is 9.90 Å². The summed E-state index contributed by atoms with van der Waals surface area (Å²) < 4.78 is 0. The highest BCUT2D eigenvalue weighted by Gasteiger charge is 2.26. The molecule has 3 rings (SSSR count). The number of para-hydroxylation sites is 3. The molecule has 1 aliphatic rings. The van der Waals surface area contributed by atoms with E-state index in [1.807, 2.05) is 24.3 Å². The van der Waals surface area contributed by atoms with Crippen molar-refractivity contribution in [3.05, 3.63) is 54.1 Å². The van der Waals surface area contributed by atoms with Gasteiger partial charge in [-0.1, -0.05) is 30.3 Å². The monoisotopic (exact) mass is 240 g/mol. The second-order valence-corrected chi connectivity index (χ2v) is 4.11. The summed E-state index contributed by atoms with van der Waals surface area (Å²) in [5, 5.41) is 12.7. The van der Waals surface area contributed by atoms with Crippen molar-refractivity contribution in [1.29, 1.82) is 0 Å². The van der Waals surface area contributed by atoms with Crippen molar-refractivity contribution >= 4 is 17.4 Å². The Balaban J connectivity index is 2.17. The van der Waals surface area contributed by atoms with E-state index in [0.29, 0.717) is 12.2 Å². The topological polar surface area (TPSA) is 52.6 Å². The van der Waals surface area contributed by atoms with Gasteiger partial charge < -0.3 is 10.4 Å². The van der Waals surface area contributed by atoms with Crippen molar-refractivity contribution in [1.82, 2.24) is 5.32 Å². The number of fused-ring (bicyclic) bond motifs is 1. The second-order valence-electron chi connectivity index (χ2n) is 4.11. The van der Waals surface area contributed by atoms with Crippen LogP contribution in [0.15, 0.2) is 48.5 Å². The van der Waals surface area contributed by atoms with Crippen molar-refractivity contribution < 1.29 is 9.90 Å². The van der Waals surface area contributed by atoms with Gasteiger partial charge in [-0.2, -0.15) is 0 Å². The molecule has 0 unspecified atom stereocenters. The fraction of sp³-hybridized carbons (Fsp3) is 0.0714. The molecule has 1 heterocycles. The number of anilines is 2. The van der Waals surface area contributed by atoms with Crippen LogP contribution in [0.5, 0.6) is 5.75 Å². The molecule has 18 heavy (non-hydrogen) atoms. The third-order valence-corrected chi connectivity index (χ3v) is 2.99. The van der Waals surface area contributed by atoms with E-state index in [0.717, 1.165) is 11.3 Å². The number of rotatable bonds is 1. The fourth-order valence-electron chi connectivity index (χ4n) is 2.13. The first-order chi connectivity index (χ1) is 8.77. The quantitative estimate of drug-likeness (QED) is 0.805. The molecule has 2 aromatic rings. The SMILES string of the molecule is O=C1NCc2ccccc2N1c1ccccc1O. The lowest BCUT2D eigenvalue weighted by molar-refractivity contribution is 0.247. The number of phenolic OH excluding ortho intramolecular Hbond substituents is 1. The summed E-state index contributed by atoms with van der Waals surface area (Å²) in [6, 6.07) is 14.2. The third kappa shape index (κ3) is 1.59. The van der Waals surface area contributed by atoms with Crippen LogP contribution in [0.4, 0.5) is 16.2 Å². The van der Waals surface area contributed by atoms with Gasteiger partial charge in [-0.15, -0.1) is 0 Å². The Morgan fingerprint density at radius 2 is 1.67 bits per heavy atom. The van der Waals surface area contributed by atoms with E-state index in [-0.39, 0.29) is 11.8 Å². The third-order valence-electron chi connectivity index (χ3n) is 2.99. The number of phenols is 1. The Bertz CT molecular complexity index is 610. The van der Waals surface area contributed by atoms with Crippen LogP contribution in [-0.2, 0) is 6.54 Å². The minimum Gasteiger partial charge on any atom is -0.506 e. The van der Waals surface area contributed by atoms with Crippen LogP contribution in [0, 0.1) is 0 Å². The number of urea groups is 1. The number of carbonyl (C=O) groups is 1.